The Morgan fingerprint density at radius 3 is 1.38 bits per heavy atom. The van der Waals surface area contributed by atoms with Crippen molar-refractivity contribution in [1.29, 1.82) is 0 Å². The molecule has 0 bridgehead atoms. The van der Waals surface area contributed by atoms with Gasteiger partial charge in [-0.2, -0.15) is 0 Å². The van der Waals surface area contributed by atoms with Gasteiger partial charge < -0.3 is 14.9 Å². The monoisotopic (exact) mass is 675 g/mol. The molecule has 0 spiro atoms. The van der Waals surface area contributed by atoms with Gasteiger partial charge in [0.05, 0.1) is 0 Å². The molecule has 0 aliphatic heterocycles. The molecule has 1 saturated carbocycles. The Labute approximate surface area is 294 Å². The average molecular weight is 676 g/mol. The number of benzene rings is 4. The Morgan fingerprint density at radius 2 is 1.00 bits per heavy atom. The molecule has 5 rings (SSSR count). The minimum atomic E-state index is -0.831. The molecule has 3 nitrogen and oxygen atoms in total. The molecule has 0 aromatic heterocycles. The van der Waals surface area contributed by atoms with Crippen molar-refractivity contribution in [2.24, 2.45) is 0 Å². The fraction of sp³-hybridized carbons (Fsp3) is 0.326. The van der Waals surface area contributed by atoms with Crippen LogP contribution in [0.25, 0.3) is 0 Å². The van der Waals surface area contributed by atoms with Gasteiger partial charge in [-0.25, -0.2) is 0 Å². The predicted molar refractivity (Wildman–Crippen MR) is 215 cm³/mol. The van der Waals surface area contributed by atoms with Crippen molar-refractivity contribution >= 4 is 48.4 Å². The van der Waals surface area contributed by atoms with Crippen LogP contribution in [0.5, 0.6) is 0 Å². The molecular weight excluding hydrogens is 622 g/mol. The van der Waals surface area contributed by atoms with Crippen LogP contribution in [0.2, 0.25) is 0 Å². The van der Waals surface area contributed by atoms with Crippen LogP contribution in [0.3, 0.4) is 0 Å². The number of rotatable bonds is 12. The summed E-state index contributed by atoms with van der Waals surface area (Å²) in [6.45, 7) is 13.6. The Bertz CT molecular complexity index is 1520. The highest BCUT2D eigenvalue weighted by molar-refractivity contribution is 7.76. The van der Waals surface area contributed by atoms with Crippen LogP contribution >= 0.6 is 15.8 Å². The maximum Gasteiger partial charge on any atom is 0.0431 e. The molecule has 4 aromatic rings. The second kappa shape index (κ2) is 15.9. The first-order valence-electron chi connectivity index (χ1n) is 17.1. The van der Waals surface area contributed by atoms with Gasteiger partial charge in [-0.15, -0.1) is 0 Å². The zero-order valence-electron chi connectivity index (χ0n) is 30.6. The molecule has 1 N–H and O–H groups in total. The Kier molecular flexibility index (Phi) is 12.1. The van der Waals surface area contributed by atoms with Crippen molar-refractivity contribution in [3.63, 3.8) is 0 Å². The molecular formula is C43H53N2OP2. The highest BCUT2D eigenvalue weighted by Gasteiger charge is 2.44. The third-order valence-electron chi connectivity index (χ3n) is 9.36. The maximum atomic E-state index is 10.3. The number of aliphatic hydroxyl groups is 1. The van der Waals surface area contributed by atoms with Gasteiger partial charge in [0.15, 0.2) is 0 Å². The second-order valence-electron chi connectivity index (χ2n) is 13.8. The van der Waals surface area contributed by atoms with Crippen LogP contribution in [0.15, 0.2) is 72.8 Å². The largest absolute Gasteiger partial charge is 0.396 e. The molecule has 1 atom stereocenters. The van der Waals surface area contributed by atoms with Crippen LogP contribution in [0.4, 0.5) is 11.4 Å². The highest BCUT2D eigenvalue weighted by atomic mass is 31.1. The quantitative estimate of drug-likeness (QED) is 0.154. The number of hydrogen-bond acceptors (Lipinski definition) is 3. The first kappa shape index (κ1) is 36.6. The number of nitrogens with zero attached hydrogens (tertiary/aromatic N) is 2. The van der Waals surface area contributed by atoms with Crippen LogP contribution in [0.1, 0.15) is 46.2 Å². The third-order valence-corrected chi connectivity index (χ3v) is 14.7. The van der Waals surface area contributed by atoms with E-state index in [1.54, 1.807) is 0 Å². The fourth-order valence-corrected chi connectivity index (χ4v) is 13.4. The van der Waals surface area contributed by atoms with Gasteiger partial charge in [0.2, 0.25) is 0 Å². The zero-order valence-corrected chi connectivity index (χ0v) is 32.4. The van der Waals surface area contributed by atoms with Gasteiger partial charge in [0, 0.05) is 51.8 Å². The number of aryl methyl sites for hydroxylation is 6. The van der Waals surface area contributed by atoms with E-state index in [0.29, 0.717) is 0 Å². The maximum absolute atomic E-state index is 10.3. The van der Waals surface area contributed by atoms with Crippen molar-refractivity contribution in [3.8, 4) is 0 Å². The average Bonchev–Trinajstić information content (AvgIpc) is 3.49. The Morgan fingerprint density at radius 1 is 0.583 bits per heavy atom. The third kappa shape index (κ3) is 7.86. The van der Waals surface area contributed by atoms with E-state index in [2.05, 4.69) is 172 Å². The molecule has 1 aliphatic carbocycles. The first-order valence-corrected chi connectivity index (χ1v) is 19.8. The van der Waals surface area contributed by atoms with Gasteiger partial charge >= 0.3 is 0 Å². The SMILES string of the molecule is Cc1ccc(P([C]2[CH][CH][CH][C]2[C@@H](CCCO)P(c2cc(C)c(N(C)C)c(C)c2)c2cc(C)c(N(C)C)c(C)c2)c2ccc(C)cc2)cc1. The van der Waals surface area contributed by atoms with Crippen molar-refractivity contribution in [2.45, 2.75) is 60.0 Å². The number of aliphatic hydroxyl groups excluding tert-OH is 1. The molecule has 0 amide bonds. The summed E-state index contributed by atoms with van der Waals surface area (Å²) in [5.74, 6) is 1.43. The molecule has 5 radical (unpaired) electrons. The van der Waals surface area contributed by atoms with E-state index in [1.807, 2.05) is 0 Å². The van der Waals surface area contributed by atoms with Gasteiger partial charge in [-0.3, -0.25) is 0 Å². The normalized spacial score (nSPS) is 14.7. The van der Waals surface area contributed by atoms with E-state index < -0.39 is 15.8 Å². The highest BCUT2D eigenvalue weighted by Crippen LogP contribution is 2.62. The van der Waals surface area contributed by atoms with E-state index in [0.717, 1.165) is 12.8 Å². The smallest absolute Gasteiger partial charge is 0.0431 e. The predicted octanol–water partition coefficient (Wildman–Crippen LogP) is 8.11. The summed E-state index contributed by atoms with van der Waals surface area (Å²) in [4.78, 5) is 4.48. The lowest BCUT2D eigenvalue weighted by molar-refractivity contribution is 0.284. The molecule has 0 unspecified atom stereocenters. The summed E-state index contributed by atoms with van der Waals surface area (Å²) in [7, 11) is 6.95. The van der Waals surface area contributed by atoms with E-state index in [4.69, 9.17) is 0 Å². The Balaban J connectivity index is 1.71. The molecule has 1 aliphatic rings. The van der Waals surface area contributed by atoms with E-state index in [1.165, 1.54) is 77.6 Å². The van der Waals surface area contributed by atoms with E-state index >= 15 is 0 Å². The number of anilines is 2. The Hall–Kier alpha value is -2.70. The van der Waals surface area contributed by atoms with Crippen LogP contribution in [0, 0.1) is 72.4 Å². The summed E-state index contributed by atoms with van der Waals surface area (Å²) >= 11 is 0. The standard InChI is InChI=1S/C43H53N2OP2/c1-29-16-20-35(21-17-29)47(36-22-18-30(2)19-23-36)40-14-11-13-39(40)41(15-12-24-46)48(37-25-31(3)42(44(7)8)32(4)26-37)38-27-33(5)43(45(9)10)34(6)28-38/h11,13-14,16-23,25-28,41,46H,12,15,24H2,1-10H3/t41-/m1/s1. The molecule has 48 heavy (non-hydrogen) atoms. The van der Waals surface area contributed by atoms with Crippen LogP contribution in [-0.4, -0.2) is 45.6 Å². The summed E-state index contributed by atoms with van der Waals surface area (Å²) in [6.07, 6.45) is 8.75. The number of hydrogen-bond donors (Lipinski definition) is 1. The van der Waals surface area contributed by atoms with Crippen LogP contribution < -0.4 is 31.0 Å². The van der Waals surface area contributed by atoms with Crippen molar-refractivity contribution < 1.29 is 5.11 Å². The first-order chi connectivity index (χ1) is 22.9. The van der Waals surface area contributed by atoms with Gasteiger partial charge in [0.25, 0.3) is 0 Å². The van der Waals surface area contributed by atoms with Gasteiger partial charge in [-0.1, -0.05) is 59.7 Å². The van der Waals surface area contributed by atoms with Crippen molar-refractivity contribution in [2.75, 3.05) is 44.6 Å². The zero-order chi connectivity index (χ0) is 34.7. The summed E-state index contributed by atoms with van der Waals surface area (Å²) in [6, 6.07) is 28.2. The fourth-order valence-electron chi connectivity index (χ4n) is 7.50. The minimum Gasteiger partial charge on any atom is -0.396 e. The summed E-state index contributed by atoms with van der Waals surface area (Å²) < 4.78 is 0. The lowest BCUT2D eigenvalue weighted by Crippen LogP contribution is -2.31. The molecule has 0 saturated heterocycles. The van der Waals surface area contributed by atoms with Crippen molar-refractivity contribution in [3.05, 3.63) is 137 Å². The van der Waals surface area contributed by atoms with Crippen molar-refractivity contribution in [1.82, 2.24) is 0 Å². The summed E-state index contributed by atoms with van der Waals surface area (Å²) in [5, 5.41) is 15.9. The molecule has 4 aromatic carbocycles. The second-order valence-corrected chi connectivity index (χ2v) is 18.4. The lowest BCUT2D eigenvalue weighted by Gasteiger charge is -2.39. The van der Waals surface area contributed by atoms with Crippen LogP contribution in [-0.2, 0) is 0 Å². The van der Waals surface area contributed by atoms with Gasteiger partial charge in [-0.05, 0) is 169 Å². The lowest BCUT2D eigenvalue weighted by atomic mass is 9.99. The molecule has 5 heteroatoms. The minimum absolute atomic E-state index is 0.190. The molecule has 1 fully saturated rings. The van der Waals surface area contributed by atoms with E-state index in [-0.39, 0.29) is 12.3 Å². The summed E-state index contributed by atoms with van der Waals surface area (Å²) in [5.41, 5.74) is 12.1. The van der Waals surface area contributed by atoms with Gasteiger partial charge in [0.1, 0.15) is 0 Å². The topological polar surface area (TPSA) is 26.7 Å². The van der Waals surface area contributed by atoms with E-state index in [9.17, 15) is 5.11 Å². The molecule has 251 valence electrons. The molecule has 0 heterocycles.